The highest BCUT2D eigenvalue weighted by Crippen LogP contribution is 2.20. The van der Waals surface area contributed by atoms with Gasteiger partial charge in [0.1, 0.15) is 6.07 Å². The second-order valence-electron chi connectivity index (χ2n) is 2.02. The summed E-state index contributed by atoms with van der Waals surface area (Å²) in [7, 11) is 0. The Hall–Kier alpha value is -0.270. The molecule has 0 aliphatic carbocycles. The van der Waals surface area contributed by atoms with Crippen LogP contribution in [0.4, 0.5) is 0 Å². The number of nitriles is 1. The summed E-state index contributed by atoms with van der Waals surface area (Å²) in [5.74, 6) is 0. The van der Waals surface area contributed by atoms with Crippen molar-refractivity contribution in [1.82, 2.24) is 0 Å². The Morgan fingerprint density at radius 2 is 2.27 bits per heavy atom. The minimum Gasteiger partial charge on any atom is -0.192 e. The minimum absolute atomic E-state index is 0.543. The highest BCUT2D eigenvalue weighted by molar-refractivity contribution is 14.1. The number of rotatable bonds is 1. The number of alkyl halides is 1. The van der Waals surface area contributed by atoms with Crippen molar-refractivity contribution in [2.24, 2.45) is 0 Å². The molecule has 0 N–H and O–H groups in total. The molecule has 0 aromatic heterocycles. The lowest BCUT2D eigenvalue weighted by molar-refractivity contribution is 1.38. The van der Waals surface area contributed by atoms with E-state index in [4.69, 9.17) is 16.9 Å². The van der Waals surface area contributed by atoms with E-state index in [1.54, 1.807) is 6.07 Å². The van der Waals surface area contributed by atoms with Crippen LogP contribution in [0, 0.1) is 11.3 Å². The Morgan fingerprint density at radius 3 is 2.73 bits per heavy atom. The number of hydrogen-bond donors (Lipinski definition) is 0. The molecule has 0 fully saturated rings. The van der Waals surface area contributed by atoms with Gasteiger partial charge in [-0.15, -0.1) is 0 Å². The monoisotopic (exact) mass is 277 g/mol. The average molecular weight is 277 g/mol. The van der Waals surface area contributed by atoms with Gasteiger partial charge in [0.15, 0.2) is 0 Å². The highest BCUT2D eigenvalue weighted by atomic mass is 127. The van der Waals surface area contributed by atoms with Gasteiger partial charge < -0.3 is 0 Å². The summed E-state index contributed by atoms with van der Waals surface area (Å²) in [5.41, 5.74) is 1.60. The van der Waals surface area contributed by atoms with E-state index >= 15 is 0 Å². The molecule has 0 spiro atoms. The Kier molecular flexibility index (Phi) is 3.16. The van der Waals surface area contributed by atoms with Crippen LogP contribution in [0.1, 0.15) is 11.1 Å². The normalized spacial score (nSPS) is 9.18. The van der Waals surface area contributed by atoms with Crippen LogP contribution >= 0.6 is 34.2 Å². The van der Waals surface area contributed by atoms with Gasteiger partial charge in [0.25, 0.3) is 0 Å². The van der Waals surface area contributed by atoms with Gasteiger partial charge in [-0.05, 0) is 11.6 Å². The lowest BCUT2D eigenvalue weighted by Crippen LogP contribution is -1.85. The van der Waals surface area contributed by atoms with E-state index in [-0.39, 0.29) is 0 Å². The topological polar surface area (TPSA) is 23.8 Å². The Morgan fingerprint density at radius 1 is 1.55 bits per heavy atom. The summed E-state index contributed by atoms with van der Waals surface area (Å²) in [6, 6.07) is 7.58. The molecule has 0 saturated carbocycles. The number of nitrogens with zero attached hydrogens (tertiary/aromatic N) is 1. The summed E-state index contributed by atoms with van der Waals surface area (Å²) >= 11 is 7.99. The maximum absolute atomic E-state index is 8.69. The van der Waals surface area contributed by atoms with Crippen molar-refractivity contribution < 1.29 is 0 Å². The van der Waals surface area contributed by atoms with Gasteiger partial charge >= 0.3 is 0 Å². The van der Waals surface area contributed by atoms with Crippen molar-refractivity contribution in [3.05, 3.63) is 34.3 Å². The van der Waals surface area contributed by atoms with Crippen molar-refractivity contribution >= 4 is 34.2 Å². The summed E-state index contributed by atoms with van der Waals surface area (Å²) in [6.07, 6.45) is 0. The zero-order valence-corrected chi connectivity index (χ0v) is 8.56. The molecular weight excluding hydrogens is 272 g/mol. The van der Waals surface area contributed by atoms with E-state index in [1.165, 1.54) is 0 Å². The van der Waals surface area contributed by atoms with Gasteiger partial charge in [-0.25, -0.2) is 0 Å². The maximum atomic E-state index is 8.69. The highest BCUT2D eigenvalue weighted by Gasteiger charge is 2.03. The largest absolute Gasteiger partial charge is 0.192 e. The SMILES string of the molecule is N#Cc1c(Cl)cccc1CI. The molecule has 1 rings (SSSR count). The summed E-state index contributed by atoms with van der Waals surface area (Å²) < 4.78 is 0.821. The van der Waals surface area contributed by atoms with Crippen molar-refractivity contribution in [2.75, 3.05) is 0 Å². The van der Waals surface area contributed by atoms with Crippen LogP contribution in [0.3, 0.4) is 0 Å². The first kappa shape index (κ1) is 8.82. The van der Waals surface area contributed by atoms with E-state index in [0.29, 0.717) is 10.6 Å². The third-order valence-electron chi connectivity index (χ3n) is 1.36. The molecule has 0 amide bonds. The van der Waals surface area contributed by atoms with Crippen molar-refractivity contribution in [3.8, 4) is 6.07 Å². The molecular formula is C8H5ClIN. The van der Waals surface area contributed by atoms with Crippen LogP contribution in [-0.4, -0.2) is 0 Å². The van der Waals surface area contributed by atoms with Gasteiger partial charge in [-0.3, -0.25) is 0 Å². The van der Waals surface area contributed by atoms with Crippen LogP contribution in [0.2, 0.25) is 5.02 Å². The Bertz CT molecular complexity index is 303. The predicted octanol–water partition coefficient (Wildman–Crippen LogP) is 3.15. The second-order valence-corrected chi connectivity index (χ2v) is 3.19. The lowest BCUT2D eigenvalue weighted by atomic mass is 10.1. The van der Waals surface area contributed by atoms with E-state index in [9.17, 15) is 0 Å². The van der Waals surface area contributed by atoms with Crippen LogP contribution in [0.25, 0.3) is 0 Å². The van der Waals surface area contributed by atoms with Crippen molar-refractivity contribution in [2.45, 2.75) is 4.43 Å². The van der Waals surface area contributed by atoms with Gasteiger partial charge in [-0.1, -0.05) is 46.3 Å². The van der Waals surface area contributed by atoms with E-state index in [0.717, 1.165) is 9.99 Å². The molecule has 1 aromatic carbocycles. The van der Waals surface area contributed by atoms with Gasteiger partial charge in [0, 0.05) is 4.43 Å². The standard InChI is InChI=1S/C8H5ClIN/c9-8-3-1-2-6(4-10)7(8)5-11/h1-3H,4H2. The maximum Gasteiger partial charge on any atom is 0.101 e. The first-order valence-corrected chi connectivity index (χ1v) is 4.93. The Labute approximate surface area is 84.1 Å². The summed E-state index contributed by atoms with van der Waals surface area (Å²) in [4.78, 5) is 0. The molecule has 0 radical (unpaired) electrons. The van der Waals surface area contributed by atoms with Gasteiger partial charge in [0.2, 0.25) is 0 Å². The average Bonchev–Trinajstić information content (AvgIpc) is 2.04. The smallest absolute Gasteiger partial charge is 0.101 e. The molecule has 3 heteroatoms. The van der Waals surface area contributed by atoms with Crippen LogP contribution in [-0.2, 0) is 4.43 Å². The molecule has 1 nitrogen and oxygen atoms in total. The number of hydrogen-bond acceptors (Lipinski definition) is 1. The van der Waals surface area contributed by atoms with Crippen molar-refractivity contribution in [3.63, 3.8) is 0 Å². The van der Waals surface area contributed by atoms with Crippen LogP contribution in [0.5, 0.6) is 0 Å². The molecule has 0 aliphatic rings. The molecule has 0 unspecified atom stereocenters. The fraction of sp³-hybridized carbons (Fsp3) is 0.125. The van der Waals surface area contributed by atoms with Gasteiger partial charge in [-0.2, -0.15) is 5.26 Å². The third-order valence-corrected chi connectivity index (χ3v) is 2.49. The zero-order valence-electron chi connectivity index (χ0n) is 5.64. The first-order chi connectivity index (χ1) is 5.29. The summed E-state index contributed by atoms with van der Waals surface area (Å²) in [5, 5.41) is 9.24. The molecule has 0 heterocycles. The Balaban J connectivity index is 3.27. The fourth-order valence-electron chi connectivity index (χ4n) is 0.805. The van der Waals surface area contributed by atoms with E-state index < -0.39 is 0 Å². The zero-order chi connectivity index (χ0) is 8.27. The van der Waals surface area contributed by atoms with E-state index in [2.05, 4.69) is 28.7 Å². The van der Waals surface area contributed by atoms with Crippen molar-refractivity contribution in [1.29, 1.82) is 5.26 Å². The lowest BCUT2D eigenvalue weighted by Gasteiger charge is -1.99. The fourth-order valence-corrected chi connectivity index (χ4v) is 1.68. The first-order valence-electron chi connectivity index (χ1n) is 3.03. The molecule has 0 saturated heterocycles. The van der Waals surface area contributed by atoms with Gasteiger partial charge in [0.05, 0.1) is 10.6 Å². The quantitative estimate of drug-likeness (QED) is 0.571. The predicted molar refractivity (Wildman–Crippen MR) is 53.9 cm³/mol. The van der Waals surface area contributed by atoms with Crippen LogP contribution in [0.15, 0.2) is 18.2 Å². The molecule has 0 bridgehead atoms. The van der Waals surface area contributed by atoms with Crippen LogP contribution < -0.4 is 0 Å². The molecule has 56 valence electrons. The number of benzene rings is 1. The molecule has 1 aromatic rings. The van der Waals surface area contributed by atoms with E-state index in [1.807, 2.05) is 12.1 Å². The molecule has 0 atom stereocenters. The molecule has 0 aliphatic heterocycles. The number of halogens is 2. The summed E-state index contributed by atoms with van der Waals surface area (Å²) in [6.45, 7) is 0. The third kappa shape index (κ3) is 1.85. The molecule has 11 heavy (non-hydrogen) atoms. The minimum atomic E-state index is 0.543. The second kappa shape index (κ2) is 3.93.